The molecule has 2 heteroatoms. The zero-order chi connectivity index (χ0) is 7.94. The molecule has 0 aromatic heterocycles. The van der Waals surface area contributed by atoms with Gasteiger partial charge in [0, 0.05) is 6.42 Å². The molecule has 0 N–H and O–H groups in total. The van der Waals surface area contributed by atoms with E-state index < -0.39 is 0 Å². The van der Waals surface area contributed by atoms with Crippen LogP contribution in [0.1, 0.15) is 5.56 Å². The van der Waals surface area contributed by atoms with Gasteiger partial charge < -0.3 is 4.84 Å². The van der Waals surface area contributed by atoms with E-state index in [1.807, 2.05) is 30.3 Å². The molecule has 0 amide bonds. The van der Waals surface area contributed by atoms with Gasteiger partial charge in [-0.25, -0.2) is 0 Å². The Morgan fingerprint density at radius 3 is 2.64 bits per heavy atom. The van der Waals surface area contributed by atoms with E-state index in [-0.39, 0.29) is 0 Å². The number of hydrogen-bond donors (Lipinski definition) is 0. The zero-order valence-electron chi connectivity index (χ0n) is 6.23. The summed E-state index contributed by atoms with van der Waals surface area (Å²) < 4.78 is 0. The standard InChI is InChI=1S/C9H10NO/c1-10-11-8-7-9-5-3-2-4-6-9/h1-6H,7-8H2. The molecule has 0 spiro atoms. The summed E-state index contributed by atoms with van der Waals surface area (Å²) in [6.07, 6.45) is 0.849. The summed E-state index contributed by atoms with van der Waals surface area (Å²) >= 11 is 0. The van der Waals surface area contributed by atoms with E-state index in [0.717, 1.165) is 6.42 Å². The lowest BCUT2D eigenvalue weighted by molar-refractivity contribution is 0.150. The molecule has 0 aliphatic heterocycles. The van der Waals surface area contributed by atoms with Crippen LogP contribution in [0.15, 0.2) is 35.5 Å². The van der Waals surface area contributed by atoms with Crippen LogP contribution in [0.25, 0.3) is 0 Å². The third-order valence-electron chi connectivity index (χ3n) is 1.40. The van der Waals surface area contributed by atoms with Crippen molar-refractivity contribution in [2.45, 2.75) is 6.42 Å². The van der Waals surface area contributed by atoms with E-state index in [2.05, 4.69) is 9.99 Å². The smallest absolute Gasteiger partial charge is 0.121 e. The van der Waals surface area contributed by atoms with E-state index in [1.165, 1.54) is 5.56 Å². The molecule has 11 heavy (non-hydrogen) atoms. The van der Waals surface area contributed by atoms with Crippen LogP contribution in [0, 0.1) is 0 Å². The van der Waals surface area contributed by atoms with Crippen molar-refractivity contribution in [3.8, 4) is 0 Å². The molecule has 1 aromatic rings. The summed E-state index contributed by atoms with van der Waals surface area (Å²) in [6.45, 7) is 5.34. The Morgan fingerprint density at radius 2 is 2.00 bits per heavy atom. The van der Waals surface area contributed by atoms with E-state index in [0.29, 0.717) is 6.61 Å². The summed E-state index contributed by atoms with van der Waals surface area (Å²) in [5, 5.41) is 3.05. The third kappa shape index (κ3) is 2.85. The molecular formula is C9H10NO. The van der Waals surface area contributed by atoms with Gasteiger partial charge in [-0.2, -0.15) is 0 Å². The summed E-state index contributed by atoms with van der Waals surface area (Å²) in [6, 6.07) is 10.1. The predicted octanol–water partition coefficient (Wildman–Crippen LogP) is 1.74. The second-order valence-corrected chi connectivity index (χ2v) is 2.17. The van der Waals surface area contributed by atoms with Crippen molar-refractivity contribution in [1.29, 1.82) is 0 Å². The Hall–Kier alpha value is -1.31. The van der Waals surface area contributed by atoms with Crippen LogP contribution < -0.4 is 0 Å². The van der Waals surface area contributed by atoms with Gasteiger partial charge in [-0.3, -0.25) is 0 Å². The van der Waals surface area contributed by atoms with Crippen molar-refractivity contribution >= 4 is 6.72 Å². The first-order chi connectivity index (χ1) is 5.43. The molecule has 2 nitrogen and oxygen atoms in total. The van der Waals surface area contributed by atoms with Gasteiger partial charge in [0.25, 0.3) is 0 Å². The van der Waals surface area contributed by atoms with Gasteiger partial charge >= 0.3 is 0 Å². The average molecular weight is 148 g/mol. The van der Waals surface area contributed by atoms with Crippen LogP contribution in [-0.4, -0.2) is 13.3 Å². The number of rotatable bonds is 4. The molecule has 0 aliphatic rings. The van der Waals surface area contributed by atoms with Gasteiger partial charge in [0.1, 0.15) is 6.61 Å². The van der Waals surface area contributed by atoms with Gasteiger partial charge in [-0.1, -0.05) is 35.5 Å². The highest BCUT2D eigenvalue weighted by molar-refractivity contribution is 5.21. The highest BCUT2D eigenvalue weighted by Crippen LogP contribution is 1.98. The molecule has 0 atom stereocenters. The SMILES string of the molecule is [CH]=NOCCc1ccccc1. The molecule has 57 valence electrons. The molecule has 0 heterocycles. The molecule has 0 bridgehead atoms. The monoisotopic (exact) mass is 148 g/mol. The maximum Gasteiger partial charge on any atom is 0.121 e. The fraction of sp³-hybridized carbons (Fsp3) is 0.222. The minimum Gasteiger partial charge on any atom is -0.395 e. The van der Waals surface area contributed by atoms with Crippen molar-refractivity contribution in [3.05, 3.63) is 35.9 Å². The van der Waals surface area contributed by atoms with E-state index in [4.69, 9.17) is 6.72 Å². The Kier molecular flexibility index (Phi) is 3.19. The minimum atomic E-state index is 0.542. The van der Waals surface area contributed by atoms with Gasteiger partial charge in [0.2, 0.25) is 0 Å². The molecule has 1 rings (SSSR count). The van der Waals surface area contributed by atoms with Crippen LogP contribution in [-0.2, 0) is 11.3 Å². The van der Waals surface area contributed by atoms with E-state index in [1.54, 1.807) is 0 Å². The lowest BCUT2D eigenvalue weighted by atomic mass is 10.2. The van der Waals surface area contributed by atoms with Gasteiger partial charge in [-0.15, -0.1) is 0 Å². The highest BCUT2D eigenvalue weighted by Gasteiger charge is 1.89. The number of benzene rings is 1. The van der Waals surface area contributed by atoms with E-state index >= 15 is 0 Å². The molecule has 1 aromatic carbocycles. The van der Waals surface area contributed by atoms with Crippen molar-refractivity contribution < 1.29 is 4.84 Å². The van der Waals surface area contributed by atoms with Crippen LogP contribution in [0.3, 0.4) is 0 Å². The topological polar surface area (TPSA) is 21.6 Å². The van der Waals surface area contributed by atoms with Crippen molar-refractivity contribution in [1.82, 2.24) is 0 Å². The molecule has 0 saturated heterocycles. The van der Waals surface area contributed by atoms with Crippen LogP contribution in [0.5, 0.6) is 0 Å². The molecule has 0 saturated carbocycles. The number of hydrogen-bond acceptors (Lipinski definition) is 2. The Bertz CT molecular complexity index is 208. The summed E-state index contributed by atoms with van der Waals surface area (Å²) in [7, 11) is 0. The first-order valence-electron chi connectivity index (χ1n) is 3.49. The lowest BCUT2D eigenvalue weighted by Gasteiger charge is -1.97. The van der Waals surface area contributed by atoms with Crippen LogP contribution >= 0.6 is 0 Å². The quantitative estimate of drug-likeness (QED) is 0.362. The fourth-order valence-electron chi connectivity index (χ4n) is 0.861. The Labute approximate surface area is 66.5 Å². The molecule has 0 unspecified atom stereocenters. The molecule has 0 aliphatic carbocycles. The number of nitrogens with zero attached hydrogens (tertiary/aromatic N) is 1. The second-order valence-electron chi connectivity index (χ2n) is 2.17. The lowest BCUT2D eigenvalue weighted by Crippen LogP contribution is -1.92. The normalized spacial score (nSPS) is 9.09. The first kappa shape index (κ1) is 7.79. The second kappa shape index (κ2) is 4.50. The van der Waals surface area contributed by atoms with Crippen LogP contribution in [0.4, 0.5) is 0 Å². The Morgan fingerprint density at radius 1 is 1.27 bits per heavy atom. The average Bonchev–Trinajstić information content (AvgIpc) is 2.07. The summed E-state index contributed by atoms with van der Waals surface area (Å²) in [5.74, 6) is 0. The fourth-order valence-corrected chi connectivity index (χ4v) is 0.861. The maximum atomic E-state index is 4.80. The van der Waals surface area contributed by atoms with Crippen molar-refractivity contribution in [3.63, 3.8) is 0 Å². The Balaban J connectivity index is 2.33. The van der Waals surface area contributed by atoms with Gasteiger partial charge in [0.05, 0.1) is 6.72 Å². The molecule has 0 fully saturated rings. The highest BCUT2D eigenvalue weighted by atomic mass is 16.6. The predicted molar refractivity (Wildman–Crippen MR) is 44.6 cm³/mol. The third-order valence-corrected chi connectivity index (χ3v) is 1.40. The zero-order valence-corrected chi connectivity index (χ0v) is 6.23. The van der Waals surface area contributed by atoms with Crippen LogP contribution in [0.2, 0.25) is 0 Å². The molecule has 1 radical (unpaired) electrons. The maximum absolute atomic E-state index is 4.80. The van der Waals surface area contributed by atoms with Gasteiger partial charge in [-0.05, 0) is 5.56 Å². The van der Waals surface area contributed by atoms with Crippen molar-refractivity contribution in [2.24, 2.45) is 5.16 Å². The summed E-state index contributed by atoms with van der Waals surface area (Å²) in [5.41, 5.74) is 1.23. The summed E-state index contributed by atoms with van der Waals surface area (Å²) in [4.78, 5) is 4.64. The van der Waals surface area contributed by atoms with Gasteiger partial charge in [0.15, 0.2) is 0 Å². The first-order valence-corrected chi connectivity index (χ1v) is 3.49. The largest absolute Gasteiger partial charge is 0.395 e. The molecular weight excluding hydrogens is 138 g/mol. The van der Waals surface area contributed by atoms with Crippen molar-refractivity contribution in [2.75, 3.05) is 6.61 Å². The minimum absolute atomic E-state index is 0.542. The van der Waals surface area contributed by atoms with E-state index in [9.17, 15) is 0 Å².